The summed E-state index contributed by atoms with van der Waals surface area (Å²) in [6, 6.07) is 16.2. The normalized spacial score (nSPS) is 10.6. The minimum atomic E-state index is -0.393. The third-order valence-electron chi connectivity index (χ3n) is 5.69. The number of urea groups is 1. The quantitative estimate of drug-likeness (QED) is 0.315. The lowest BCUT2D eigenvalue weighted by molar-refractivity contribution is -0.132. The van der Waals surface area contributed by atoms with E-state index in [4.69, 9.17) is 18.6 Å². The number of benzene rings is 2. The molecule has 37 heavy (non-hydrogen) atoms. The van der Waals surface area contributed by atoms with E-state index >= 15 is 0 Å². The Kier molecular flexibility index (Phi) is 10.8. The highest BCUT2D eigenvalue weighted by molar-refractivity contribution is 9.10. The number of nitrogens with zero attached hydrogens (tertiary/aromatic N) is 2. The van der Waals surface area contributed by atoms with Crippen LogP contribution in [0.25, 0.3) is 0 Å². The van der Waals surface area contributed by atoms with Gasteiger partial charge < -0.3 is 33.7 Å². The Hall–Kier alpha value is -3.50. The summed E-state index contributed by atoms with van der Waals surface area (Å²) in [7, 11) is 4.73. The SMILES string of the molecule is COCCN(CC(=O)N(CCc1ccc(OC)c(OC)c1)Cc1ccco1)C(=O)Nc1ccccc1Br. The van der Waals surface area contributed by atoms with E-state index < -0.39 is 6.03 Å². The molecule has 0 fully saturated rings. The third kappa shape index (κ3) is 8.26. The van der Waals surface area contributed by atoms with Crippen LogP contribution in [-0.2, 0) is 22.5 Å². The van der Waals surface area contributed by atoms with Crippen molar-refractivity contribution in [3.05, 3.63) is 76.7 Å². The molecule has 2 aromatic carbocycles. The average Bonchev–Trinajstić information content (AvgIpc) is 3.43. The number of hydrogen-bond donors (Lipinski definition) is 1. The highest BCUT2D eigenvalue weighted by Crippen LogP contribution is 2.28. The molecule has 3 aromatic rings. The van der Waals surface area contributed by atoms with E-state index in [0.29, 0.717) is 42.5 Å². The summed E-state index contributed by atoms with van der Waals surface area (Å²) >= 11 is 3.44. The Labute approximate surface area is 225 Å². The summed E-state index contributed by atoms with van der Waals surface area (Å²) in [6.07, 6.45) is 2.15. The van der Waals surface area contributed by atoms with Gasteiger partial charge in [-0.05, 0) is 64.3 Å². The minimum absolute atomic E-state index is 0.119. The summed E-state index contributed by atoms with van der Waals surface area (Å²) in [4.78, 5) is 29.7. The summed E-state index contributed by atoms with van der Waals surface area (Å²) in [5, 5.41) is 2.86. The van der Waals surface area contributed by atoms with Crippen molar-refractivity contribution in [3.63, 3.8) is 0 Å². The fourth-order valence-electron chi connectivity index (χ4n) is 3.66. The zero-order chi connectivity index (χ0) is 26.6. The van der Waals surface area contributed by atoms with Gasteiger partial charge in [0.15, 0.2) is 11.5 Å². The average molecular weight is 574 g/mol. The van der Waals surface area contributed by atoms with Crippen molar-refractivity contribution in [1.29, 1.82) is 0 Å². The van der Waals surface area contributed by atoms with Crippen molar-refractivity contribution in [2.75, 3.05) is 52.9 Å². The van der Waals surface area contributed by atoms with Gasteiger partial charge in [0.05, 0.1) is 39.3 Å². The number of methoxy groups -OCH3 is 3. The molecule has 0 atom stereocenters. The van der Waals surface area contributed by atoms with E-state index in [-0.39, 0.29) is 25.5 Å². The number of rotatable bonds is 13. The molecule has 0 unspecified atom stereocenters. The van der Waals surface area contributed by atoms with Crippen LogP contribution in [0.4, 0.5) is 10.5 Å². The molecule has 0 aliphatic rings. The molecule has 1 N–H and O–H groups in total. The molecule has 10 heteroatoms. The maximum Gasteiger partial charge on any atom is 0.322 e. The van der Waals surface area contributed by atoms with Crippen LogP contribution in [0.5, 0.6) is 11.5 Å². The van der Waals surface area contributed by atoms with E-state index in [1.165, 1.54) is 4.90 Å². The number of amides is 3. The second kappa shape index (κ2) is 14.3. The summed E-state index contributed by atoms with van der Waals surface area (Å²) < 4.78 is 22.1. The molecule has 0 radical (unpaired) electrons. The van der Waals surface area contributed by atoms with Crippen molar-refractivity contribution >= 4 is 33.6 Å². The molecule has 1 heterocycles. The smallest absolute Gasteiger partial charge is 0.322 e. The number of hydrogen-bond acceptors (Lipinski definition) is 6. The van der Waals surface area contributed by atoms with Gasteiger partial charge in [-0.3, -0.25) is 4.79 Å². The first kappa shape index (κ1) is 28.1. The Morgan fingerprint density at radius 3 is 2.41 bits per heavy atom. The molecule has 198 valence electrons. The molecular formula is C27H32BrN3O6. The zero-order valence-corrected chi connectivity index (χ0v) is 22.8. The van der Waals surface area contributed by atoms with Crippen LogP contribution in [0, 0.1) is 0 Å². The Morgan fingerprint density at radius 1 is 0.946 bits per heavy atom. The van der Waals surface area contributed by atoms with Crippen LogP contribution >= 0.6 is 15.9 Å². The molecule has 0 saturated carbocycles. The van der Waals surface area contributed by atoms with Gasteiger partial charge in [-0.15, -0.1) is 0 Å². The molecule has 0 aliphatic heterocycles. The van der Waals surface area contributed by atoms with Crippen molar-refractivity contribution in [2.24, 2.45) is 0 Å². The van der Waals surface area contributed by atoms with Gasteiger partial charge in [-0.25, -0.2) is 4.79 Å². The fourth-order valence-corrected chi connectivity index (χ4v) is 4.04. The Bertz CT molecular complexity index is 1150. The first-order valence-electron chi connectivity index (χ1n) is 11.8. The van der Waals surface area contributed by atoms with Gasteiger partial charge >= 0.3 is 6.03 Å². The van der Waals surface area contributed by atoms with E-state index in [1.807, 2.05) is 42.5 Å². The van der Waals surface area contributed by atoms with Gasteiger partial charge in [0.25, 0.3) is 0 Å². The summed E-state index contributed by atoms with van der Waals surface area (Å²) in [6.45, 7) is 1.12. The summed E-state index contributed by atoms with van der Waals surface area (Å²) in [5.74, 6) is 1.70. The largest absolute Gasteiger partial charge is 0.493 e. The number of para-hydroxylation sites is 1. The first-order chi connectivity index (χ1) is 17.9. The molecule has 0 saturated heterocycles. The predicted molar refractivity (Wildman–Crippen MR) is 144 cm³/mol. The lowest BCUT2D eigenvalue weighted by atomic mass is 10.1. The molecular weight excluding hydrogens is 542 g/mol. The van der Waals surface area contributed by atoms with Crippen molar-refractivity contribution < 1.29 is 28.2 Å². The Morgan fingerprint density at radius 2 is 1.73 bits per heavy atom. The number of halogens is 1. The first-order valence-corrected chi connectivity index (χ1v) is 12.5. The number of anilines is 1. The monoisotopic (exact) mass is 573 g/mol. The van der Waals surface area contributed by atoms with E-state index in [9.17, 15) is 9.59 Å². The number of furan rings is 1. The molecule has 0 aliphatic carbocycles. The van der Waals surface area contributed by atoms with Crippen LogP contribution in [-0.4, -0.2) is 69.3 Å². The van der Waals surface area contributed by atoms with Gasteiger partial charge in [0, 0.05) is 24.7 Å². The summed E-state index contributed by atoms with van der Waals surface area (Å²) in [5.41, 5.74) is 1.60. The number of nitrogens with one attached hydrogen (secondary N) is 1. The molecule has 0 bridgehead atoms. The second-order valence-electron chi connectivity index (χ2n) is 8.16. The molecule has 0 spiro atoms. The van der Waals surface area contributed by atoms with Gasteiger partial charge in [-0.1, -0.05) is 18.2 Å². The molecule has 9 nitrogen and oxygen atoms in total. The number of carbonyl (C=O) groups is 2. The van der Waals surface area contributed by atoms with Crippen LogP contribution in [0.15, 0.2) is 69.8 Å². The Balaban J connectivity index is 1.74. The molecule has 1 aromatic heterocycles. The lowest BCUT2D eigenvalue weighted by Crippen LogP contribution is -2.46. The predicted octanol–water partition coefficient (Wildman–Crippen LogP) is 4.81. The topological polar surface area (TPSA) is 93.5 Å². The molecule has 3 rings (SSSR count). The highest BCUT2D eigenvalue weighted by Gasteiger charge is 2.23. The van der Waals surface area contributed by atoms with Crippen molar-refractivity contribution in [1.82, 2.24) is 9.80 Å². The van der Waals surface area contributed by atoms with Gasteiger partial charge in [0.1, 0.15) is 12.3 Å². The van der Waals surface area contributed by atoms with E-state index in [1.54, 1.807) is 44.6 Å². The van der Waals surface area contributed by atoms with Crippen molar-refractivity contribution in [3.8, 4) is 11.5 Å². The van der Waals surface area contributed by atoms with Crippen LogP contribution in [0.3, 0.4) is 0 Å². The van der Waals surface area contributed by atoms with Crippen LogP contribution in [0.2, 0.25) is 0 Å². The second-order valence-corrected chi connectivity index (χ2v) is 9.01. The van der Waals surface area contributed by atoms with Crippen LogP contribution in [0.1, 0.15) is 11.3 Å². The van der Waals surface area contributed by atoms with E-state index in [0.717, 1.165) is 10.0 Å². The maximum absolute atomic E-state index is 13.5. The minimum Gasteiger partial charge on any atom is -0.493 e. The zero-order valence-electron chi connectivity index (χ0n) is 21.2. The van der Waals surface area contributed by atoms with E-state index in [2.05, 4.69) is 21.2 Å². The van der Waals surface area contributed by atoms with Gasteiger partial charge in [-0.2, -0.15) is 0 Å². The number of carbonyl (C=O) groups excluding carboxylic acids is 2. The van der Waals surface area contributed by atoms with Crippen LogP contribution < -0.4 is 14.8 Å². The lowest BCUT2D eigenvalue weighted by Gasteiger charge is -2.27. The fraction of sp³-hybridized carbons (Fsp3) is 0.333. The highest BCUT2D eigenvalue weighted by atomic mass is 79.9. The standard InChI is InChI=1S/C27H32BrN3O6/c1-34-16-14-31(27(33)29-23-9-5-4-8-22(23)28)19-26(32)30(18-21-7-6-15-37-21)13-12-20-10-11-24(35-2)25(17-20)36-3/h4-11,15,17H,12-14,16,18-19H2,1-3H3,(H,29,33). The third-order valence-corrected chi connectivity index (χ3v) is 6.38. The van der Waals surface area contributed by atoms with Crippen molar-refractivity contribution in [2.45, 2.75) is 13.0 Å². The van der Waals surface area contributed by atoms with Gasteiger partial charge in [0.2, 0.25) is 5.91 Å². The number of ether oxygens (including phenoxy) is 3. The maximum atomic E-state index is 13.5. The molecule has 3 amide bonds.